The van der Waals surface area contributed by atoms with E-state index in [9.17, 15) is 0 Å². The van der Waals surface area contributed by atoms with E-state index in [1.807, 2.05) is 38.4 Å². The maximum Gasteiger partial charge on any atom is 0.0672 e. The van der Waals surface area contributed by atoms with Crippen LogP contribution < -0.4 is 5.73 Å². The number of aromatic nitrogens is 2. The number of rotatable bonds is 2. The molecule has 0 aliphatic rings. The summed E-state index contributed by atoms with van der Waals surface area (Å²) in [5.74, 6) is 0. The summed E-state index contributed by atoms with van der Waals surface area (Å²) in [4.78, 5) is 0. The first-order chi connectivity index (χ1) is 7.61. The first-order valence-electron chi connectivity index (χ1n) is 5.11. The number of hydrogen-bond donors (Lipinski definition) is 1. The summed E-state index contributed by atoms with van der Waals surface area (Å²) in [7, 11) is 1.90. The molecular formula is C12H14ClN3. The van der Waals surface area contributed by atoms with Crippen LogP contribution in [0.3, 0.4) is 0 Å². The van der Waals surface area contributed by atoms with Crippen LogP contribution in [0.2, 0.25) is 5.02 Å². The van der Waals surface area contributed by atoms with Gasteiger partial charge in [0.05, 0.1) is 5.69 Å². The highest BCUT2D eigenvalue weighted by atomic mass is 35.5. The van der Waals surface area contributed by atoms with Crippen LogP contribution in [0, 0.1) is 6.92 Å². The lowest BCUT2D eigenvalue weighted by Gasteiger charge is -2.04. The smallest absolute Gasteiger partial charge is 0.0672 e. The van der Waals surface area contributed by atoms with E-state index in [0.29, 0.717) is 6.54 Å². The Hall–Kier alpha value is -1.32. The third-order valence-corrected chi connectivity index (χ3v) is 2.89. The molecule has 16 heavy (non-hydrogen) atoms. The zero-order chi connectivity index (χ0) is 11.7. The van der Waals surface area contributed by atoms with Crippen LogP contribution in [0.5, 0.6) is 0 Å². The molecule has 1 aromatic heterocycles. The Balaban J connectivity index is 2.52. The van der Waals surface area contributed by atoms with Crippen molar-refractivity contribution < 1.29 is 0 Å². The number of nitrogens with zero attached hydrogens (tertiary/aromatic N) is 2. The first kappa shape index (κ1) is 11.2. The van der Waals surface area contributed by atoms with Crippen molar-refractivity contribution in [2.45, 2.75) is 13.5 Å². The Morgan fingerprint density at radius 2 is 2.12 bits per heavy atom. The van der Waals surface area contributed by atoms with Gasteiger partial charge in [0.25, 0.3) is 0 Å². The minimum atomic E-state index is 0.506. The lowest BCUT2D eigenvalue weighted by Crippen LogP contribution is -1.96. The van der Waals surface area contributed by atoms with Gasteiger partial charge in [0.2, 0.25) is 0 Å². The summed E-state index contributed by atoms with van der Waals surface area (Å²) in [5, 5.41) is 5.03. The molecule has 0 unspecified atom stereocenters. The largest absolute Gasteiger partial charge is 0.326 e. The van der Waals surface area contributed by atoms with Crippen LogP contribution in [0.25, 0.3) is 11.1 Å². The number of nitrogens with two attached hydrogens (primary N) is 1. The van der Waals surface area contributed by atoms with Crippen LogP contribution in [-0.4, -0.2) is 9.78 Å². The molecule has 0 saturated carbocycles. The van der Waals surface area contributed by atoms with E-state index >= 15 is 0 Å². The summed E-state index contributed by atoms with van der Waals surface area (Å²) < 4.78 is 1.79. The van der Waals surface area contributed by atoms with Crippen LogP contribution in [-0.2, 0) is 13.6 Å². The average molecular weight is 236 g/mol. The molecule has 0 atom stereocenters. The molecule has 0 radical (unpaired) electrons. The predicted molar refractivity (Wildman–Crippen MR) is 66.3 cm³/mol. The third kappa shape index (κ3) is 1.96. The molecule has 0 aliphatic carbocycles. The van der Waals surface area contributed by atoms with Crippen molar-refractivity contribution in [1.29, 1.82) is 0 Å². The molecule has 3 nitrogen and oxygen atoms in total. The Labute approximate surface area is 99.8 Å². The van der Waals surface area contributed by atoms with Gasteiger partial charge in [-0.2, -0.15) is 5.10 Å². The molecule has 2 rings (SSSR count). The van der Waals surface area contributed by atoms with E-state index in [1.165, 1.54) is 0 Å². The van der Waals surface area contributed by atoms with Gasteiger partial charge in [-0.15, -0.1) is 0 Å². The molecular weight excluding hydrogens is 222 g/mol. The topological polar surface area (TPSA) is 43.8 Å². The molecule has 2 N–H and O–H groups in total. The van der Waals surface area contributed by atoms with Crippen molar-refractivity contribution in [3.05, 3.63) is 40.7 Å². The number of hydrogen-bond acceptors (Lipinski definition) is 2. The molecule has 0 bridgehead atoms. The summed E-state index contributed by atoms with van der Waals surface area (Å²) in [5.41, 5.74) is 9.65. The molecule has 0 spiro atoms. The molecule has 1 aromatic carbocycles. The predicted octanol–water partition coefficient (Wildman–Crippen LogP) is 2.51. The average Bonchev–Trinajstić information content (AvgIpc) is 2.57. The summed E-state index contributed by atoms with van der Waals surface area (Å²) in [6, 6.07) is 5.89. The minimum Gasteiger partial charge on any atom is -0.326 e. The lowest BCUT2D eigenvalue weighted by molar-refractivity contribution is 0.756. The van der Waals surface area contributed by atoms with Gasteiger partial charge < -0.3 is 5.73 Å². The standard InChI is InChI=1S/C12H14ClN3/c1-8-11(7-16(2)15-8)10-4-3-9(6-14)5-12(10)13/h3-5,7H,6,14H2,1-2H3. The fraction of sp³-hybridized carbons (Fsp3) is 0.250. The van der Waals surface area contributed by atoms with Crippen molar-refractivity contribution >= 4 is 11.6 Å². The van der Waals surface area contributed by atoms with Gasteiger partial charge in [0, 0.05) is 35.9 Å². The molecule has 0 amide bonds. The highest BCUT2D eigenvalue weighted by Gasteiger charge is 2.09. The molecule has 2 aromatic rings. The van der Waals surface area contributed by atoms with Gasteiger partial charge in [-0.1, -0.05) is 23.7 Å². The molecule has 0 saturated heterocycles. The second kappa shape index (κ2) is 4.28. The SMILES string of the molecule is Cc1nn(C)cc1-c1ccc(CN)cc1Cl. The monoisotopic (exact) mass is 235 g/mol. The van der Waals surface area contributed by atoms with Crippen molar-refractivity contribution in [2.24, 2.45) is 12.8 Å². The normalized spacial score (nSPS) is 10.8. The van der Waals surface area contributed by atoms with E-state index in [2.05, 4.69) is 5.10 Å². The van der Waals surface area contributed by atoms with Crippen LogP contribution in [0.4, 0.5) is 0 Å². The first-order valence-corrected chi connectivity index (χ1v) is 5.48. The Bertz CT molecular complexity index is 517. The van der Waals surface area contributed by atoms with Gasteiger partial charge in [-0.3, -0.25) is 4.68 Å². The van der Waals surface area contributed by atoms with E-state index in [0.717, 1.165) is 27.4 Å². The summed E-state index contributed by atoms with van der Waals surface area (Å²) in [6.07, 6.45) is 1.97. The van der Waals surface area contributed by atoms with E-state index in [-0.39, 0.29) is 0 Å². The van der Waals surface area contributed by atoms with Crippen molar-refractivity contribution in [2.75, 3.05) is 0 Å². The Kier molecular flexibility index (Phi) is 2.99. The van der Waals surface area contributed by atoms with Crippen molar-refractivity contribution in [1.82, 2.24) is 9.78 Å². The van der Waals surface area contributed by atoms with Crippen molar-refractivity contribution in [3.8, 4) is 11.1 Å². The van der Waals surface area contributed by atoms with Gasteiger partial charge >= 0.3 is 0 Å². The van der Waals surface area contributed by atoms with Crippen LogP contribution >= 0.6 is 11.6 Å². The molecule has 0 fully saturated rings. The zero-order valence-electron chi connectivity index (χ0n) is 9.37. The quantitative estimate of drug-likeness (QED) is 0.869. The number of halogens is 1. The van der Waals surface area contributed by atoms with E-state index in [4.69, 9.17) is 17.3 Å². The van der Waals surface area contributed by atoms with Gasteiger partial charge in [-0.05, 0) is 18.6 Å². The van der Waals surface area contributed by atoms with Crippen LogP contribution in [0.1, 0.15) is 11.3 Å². The maximum atomic E-state index is 6.23. The van der Waals surface area contributed by atoms with Gasteiger partial charge in [-0.25, -0.2) is 0 Å². The van der Waals surface area contributed by atoms with Crippen molar-refractivity contribution in [3.63, 3.8) is 0 Å². The Morgan fingerprint density at radius 1 is 1.38 bits per heavy atom. The summed E-state index contributed by atoms with van der Waals surface area (Å²) in [6.45, 7) is 2.48. The van der Waals surface area contributed by atoms with Gasteiger partial charge in [0.15, 0.2) is 0 Å². The molecule has 0 aliphatic heterocycles. The number of aryl methyl sites for hydroxylation is 2. The van der Waals surface area contributed by atoms with Gasteiger partial charge in [0.1, 0.15) is 0 Å². The Morgan fingerprint density at radius 3 is 2.62 bits per heavy atom. The fourth-order valence-electron chi connectivity index (χ4n) is 1.77. The minimum absolute atomic E-state index is 0.506. The second-order valence-corrected chi connectivity index (χ2v) is 4.23. The van der Waals surface area contributed by atoms with Crippen LogP contribution in [0.15, 0.2) is 24.4 Å². The highest BCUT2D eigenvalue weighted by Crippen LogP contribution is 2.30. The second-order valence-electron chi connectivity index (χ2n) is 3.82. The highest BCUT2D eigenvalue weighted by molar-refractivity contribution is 6.33. The fourth-order valence-corrected chi connectivity index (χ4v) is 2.07. The van der Waals surface area contributed by atoms with E-state index < -0.39 is 0 Å². The molecule has 84 valence electrons. The summed E-state index contributed by atoms with van der Waals surface area (Å²) >= 11 is 6.23. The third-order valence-electron chi connectivity index (χ3n) is 2.57. The van der Waals surface area contributed by atoms with E-state index in [1.54, 1.807) is 4.68 Å². The maximum absolute atomic E-state index is 6.23. The molecule has 1 heterocycles. The number of benzene rings is 1. The molecule has 4 heteroatoms. The lowest BCUT2D eigenvalue weighted by atomic mass is 10.0. The zero-order valence-corrected chi connectivity index (χ0v) is 10.1.